The Balaban J connectivity index is 1.46. The van der Waals surface area contributed by atoms with Crippen LogP contribution < -0.4 is 5.32 Å². The number of rotatable bonds is 6. The third kappa shape index (κ3) is 3.75. The van der Waals surface area contributed by atoms with Crippen molar-refractivity contribution in [3.63, 3.8) is 0 Å². The molecule has 0 aromatic carbocycles. The zero-order valence-electron chi connectivity index (χ0n) is 15.5. The first kappa shape index (κ1) is 17.0. The molecular formula is C19H31N5O. The van der Waals surface area contributed by atoms with Gasteiger partial charge in [-0.15, -0.1) is 0 Å². The summed E-state index contributed by atoms with van der Waals surface area (Å²) in [5.41, 5.74) is 3.17. The lowest BCUT2D eigenvalue weighted by Crippen LogP contribution is -2.49. The van der Waals surface area contributed by atoms with E-state index in [2.05, 4.69) is 21.8 Å². The highest BCUT2D eigenvalue weighted by Crippen LogP contribution is 2.32. The zero-order chi connectivity index (χ0) is 17.2. The Kier molecular flexibility index (Phi) is 5.08. The fraction of sp³-hybridized carbons (Fsp3) is 0.789. The van der Waals surface area contributed by atoms with Gasteiger partial charge in [0.15, 0.2) is 5.69 Å². The summed E-state index contributed by atoms with van der Waals surface area (Å²) in [5, 5.41) is 8.21. The third-order valence-electron chi connectivity index (χ3n) is 5.82. The molecule has 1 aromatic heterocycles. The van der Waals surface area contributed by atoms with E-state index in [1.165, 1.54) is 31.4 Å². The van der Waals surface area contributed by atoms with Crippen molar-refractivity contribution in [1.29, 1.82) is 0 Å². The quantitative estimate of drug-likeness (QED) is 0.849. The van der Waals surface area contributed by atoms with E-state index < -0.39 is 0 Å². The predicted molar refractivity (Wildman–Crippen MR) is 97.6 cm³/mol. The molecule has 25 heavy (non-hydrogen) atoms. The van der Waals surface area contributed by atoms with E-state index in [4.69, 9.17) is 5.10 Å². The van der Waals surface area contributed by atoms with E-state index in [1.54, 1.807) is 0 Å². The monoisotopic (exact) mass is 345 g/mol. The molecule has 3 aliphatic rings. The molecule has 0 unspecified atom stereocenters. The predicted octanol–water partition coefficient (Wildman–Crippen LogP) is 1.50. The van der Waals surface area contributed by atoms with Crippen molar-refractivity contribution in [3.8, 4) is 0 Å². The third-order valence-corrected chi connectivity index (χ3v) is 5.82. The minimum absolute atomic E-state index is 0.143. The standard InChI is InChI=1S/C19H31N5O/c1-2-3-8-22-9-11-23(12-10-22)19(25)18-16-13-20-7-6-17(16)24(21-18)14-15-4-5-15/h15,20H,2-14H2,1H3. The van der Waals surface area contributed by atoms with Crippen LogP contribution in [0.3, 0.4) is 0 Å². The Hall–Kier alpha value is -1.40. The summed E-state index contributed by atoms with van der Waals surface area (Å²) in [6.45, 7) is 9.83. The maximum atomic E-state index is 13.1. The van der Waals surface area contributed by atoms with Crippen molar-refractivity contribution in [2.75, 3.05) is 39.3 Å². The van der Waals surface area contributed by atoms with Gasteiger partial charge < -0.3 is 10.2 Å². The average Bonchev–Trinajstić information content (AvgIpc) is 3.40. The fourth-order valence-corrected chi connectivity index (χ4v) is 3.99. The van der Waals surface area contributed by atoms with Gasteiger partial charge in [-0.1, -0.05) is 13.3 Å². The van der Waals surface area contributed by atoms with Crippen LogP contribution in [-0.4, -0.2) is 64.8 Å². The minimum Gasteiger partial charge on any atom is -0.335 e. The molecule has 1 aromatic rings. The van der Waals surface area contributed by atoms with Gasteiger partial charge in [-0.3, -0.25) is 14.4 Å². The highest BCUT2D eigenvalue weighted by atomic mass is 16.2. The summed E-state index contributed by atoms with van der Waals surface area (Å²) in [7, 11) is 0. The van der Waals surface area contributed by atoms with Crippen LogP contribution in [0.15, 0.2) is 0 Å². The van der Waals surface area contributed by atoms with E-state index in [0.717, 1.165) is 70.3 Å². The number of hydrogen-bond acceptors (Lipinski definition) is 4. The van der Waals surface area contributed by atoms with E-state index >= 15 is 0 Å². The molecule has 1 N–H and O–H groups in total. The molecule has 4 rings (SSSR count). The summed E-state index contributed by atoms with van der Waals surface area (Å²) in [4.78, 5) is 17.6. The topological polar surface area (TPSA) is 53.4 Å². The molecule has 0 bridgehead atoms. The zero-order valence-corrected chi connectivity index (χ0v) is 15.5. The van der Waals surface area contributed by atoms with Crippen LogP contribution in [0.4, 0.5) is 0 Å². The summed E-state index contributed by atoms with van der Waals surface area (Å²) in [6.07, 6.45) is 6.11. The summed E-state index contributed by atoms with van der Waals surface area (Å²) in [5.74, 6) is 0.925. The first-order valence-electron chi connectivity index (χ1n) is 10.1. The van der Waals surface area contributed by atoms with Gasteiger partial charge in [0.05, 0.1) is 0 Å². The highest BCUT2D eigenvalue weighted by Gasteiger charge is 2.31. The van der Waals surface area contributed by atoms with Crippen LogP contribution in [0.5, 0.6) is 0 Å². The smallest absolute Gasteiger partial charge is 0.274 e. The Morgan fingerprint density at radius 3 is 2.76 bits per heavy atom. The van der Waals surface area contributed by atoms with Gasteiger partial charge >= 0.3 is 0 Å². The molecule has 2 aliphatic heterocycles. The minimum atomic E-state index is 0.143. The molecule has 0 spiro atoms. The number of nitrogens with one attached hydrogen (secondary N) is 1. The molecule has 1 amide bonds. The lowest BCUT2D eigenvalue weighted by molar-refractivity contribution is 0.0627. The van der Waals surface area contributed by atoms with Gasteiger partial charge in [-0.25, -0.2) is 0 Å². The molecule has 2 fully saturated rings. The maximum Gasteiger partial charge on any atom is 0.274 e. The number of nitrogens with zero attached hydrogens (tertiary/aromatic N) is 4. The number of amides is 1. The first-order chi connectivity index (χ1) is 12.3. The molecule has 0 atom stereocenters. The first-order valence-corrected chi connectivity index (χ1v) is 10.1. The second kappa shape index (κ2) is 7.46. The molecule has 3 heterocycles. The van der Waals surface area contributed by atoms with Crippen LogP contribution in [-0.2, 0) is 19.5 Å². The lowest BCUT2D eigenvalue weighted by Gasteiger charge is -2.34. The number of aromatic nitrogens is 2. The fourth-order valence-electron chi connectivity index (χ4n) is 3.99. The molecule has 138 valence electrons. The molecule has 1 saturated heterocycles. The Morgan fingerprint density at radius 2 is 2.04 bits per heavy atom. The number of hydrogen-bond donors (Lipinski definition) is 1. The van der Waals surface area contributed by atoms with Gasteiger partial charge in [0.2, 0.25) is 0 Å². The number of fused-ring (bicyclic) bond motifs is 1. The van der Waals surface area contributed by atoms with Crippen LogP contribution in [0.1, 0.15) is 54.4 Å². The Bertz CT molecular complexity index is 614. The second-order valence-electron chi connectivity index (χ2n) is 7.81. The SMILES string of the molecule is CCCCN1CCN(C(=O)c2nn(CC3CC3)c3c2CNCC3)CC1. The van der Waals surface area contributed by atoms with Crippen LogP contribution in [0, 0.1) is 5.92 Å². The number of unbranched alkanes of at least 4 members (excludes halogenated alkanes) is 1. The van der Waals surface area contributed by atoms with Crippen LogP contribution in [0.25, 0.3) is 0 Å². The normalized spacial score (nSPS) is 21.4. The maximum absolute atomic E-state index is 13.1. The van der Waals surface area contributed by atoms with Gasteiger partial charge in [0.25, 0.3) is 5.91 Å². The molecule has 1 saturated carbocycles. The summed E-state index contributed by atoms with van der Waals surface area (Å²) in [6, 6.07) is 0. The van der Waals surface area contributed by atoms with E-state index in [-0.39, 0.29) is 5.91 Å². The van der Waals surface area contributed by atoms with E-state index in [0.29, 0.717) is 5.69 Å². The van der Waals surface area contributed by atoms with Gasteiger partial charge in [0.1, 0.15) is 0 Å². The molecular weight excluding hydrogens is 314 g/mol. The molecule has 0 radical (unpaired) electrons. The number of piperazine rings is 1. The van der Waals surface area contributed by atoms with Crippen molar-refractivity contribution >= 4 is 5.91 Å². The molecule has 6 heteroatoms. The summed E-state index contributed by atoms with van der Waals surface area (Å²) < 4.78 is 2.15. The van der Waals surface area contributed by atoms with E-state index in [1.807, 2.05) is 4.90 Å². The Labute approximate surface area is 150 Å². The van der Waals surface area contributed by atoms with Gasteiger partial charge in [-0.05, 0) is 31.7 Å². The van der Waals surface area contributed by atoms with Crippen LogP contribution in [0.2, 0.25) is 0 Å². The number of carbonyl (C=O) groups excluding carboxylic acids is 1. The molecule has 1 aliphatic carbocycles. The van der Waals surface area contributed by atoms with Crippen LogP contribution >= 0.6 is 0 Å². The van der Waals surface area contributed by atoms with Gasteiger partial charge in [0, 0.05) is 63.5 Å². The average molecular weight is 345 g/mol. The van der Waals surface area contributed by atoms with Gasteiger partial charge in [-0.2, -0.15) is 5.10 Å². The Morgan fingerprint density at radius 1 is 1.24 bits per heavy atom. The largest absolute Gasteiger partial charge is 0.335 e. The van der Waals surface area contributed by atoms with Crippen molar-refractivity contribution in [3.05, 3.63) is 17.0 Å². The molecule has 6 nitrogen and oxygen atoms in total. The van der Waals surface area contributed by atoms with Crippen molar-refractivity contribution in [1.82, 2.24) is 24.9 Å². The lowest BCUT2D eigenvalue weighted by atomic mass is 10.1. The van der Waals surface area contributed by atoms with Crippen molar-refractivity contribution in [2.45, 2.75) is 52.1 Å². The van der Waals surface area contributed by atoms with Crippen molar-refractivity contribution < 1.29 is 4.79 Å². The second-order valence-corrected chi connectivity index (χ2v) is 7.81. The van der Waals surface area contributed by atoms with Crippen molar-refractivity contribution in [2.24, 2.45) is 5.92 Å². The highest BCUT2D eigenvalue weighted by molar-refractivity contribution is 5.94. The van der Waals surface area contributed by atoms with E-state index in [9.17, 15) is 4.79 Å². The number of carbonyl (C=O) groups is 1. The summed E-state index contributed by atoms with van der Waals surface area (Å²) >= 11 is 0.